The normalized spacial score (nSPS) is 30.2. The Morgan fingerprint density at radius 3 is 2.45 bits per heavy atom. The van der Waals surface area contributed by atoms with Crippen LogP contribution >= 0.6 is 0 Å². The molecule has 0 bridgehead atoms. The monoisotopic (exact) mass is 292 g/mol. The topological polar surface area (TPSA) is 49.4 Å². The first-order valence-corrected chi connectivity index (χ1v) is 6.79. The zero-order valence-electron chi connectivity index (χ0n) is 11.6. The summed E-state index contributed by atoms with van der Waals surface area (Å²) in [6, 6.07) is 0. The number of amides is 2. The van der Waals surface area contributed by atoms with Gasteiger partial charge in [0, 0.05) is 25.0 Å². The standard InChI is InChI=1S/C13H19F3N2O2/c1-12(2)9(13(14,15)16)5-6-18(12)11(20)8-3-4-10(19)17-7-8/h8-9H,3-7H2,1-2H3,(H,17,19)/t8-,9-/m0/s1. The van der Waals surface area contributed by atoms with Crippen molar-refractivity contribution in [2.75, 3.05) is 13.1 Å². The average Bonchev–Trinajstić information content (AvgIpc) is 2.64. The minimum atomic E-state index is -4.29. The van der Waals surface area contributed by atoms with Gasteiger partial charge in [0.15, 0.2) is 0 Å². The van der Waals surface area contributed by atoms with Gasteiger partial charge < -0.3 is 10.2 Å². The molecule has 4 nitrogen and oxygen atoms in total. The minimum absolute atomic E-state index is 0.0542. The fourth-order valence-electron chi connectivity index (χ4n) is 3.21. The molecule has 114 valence electrons. The summed E-state index contributed by atoms with van der Waals surface area (Å²) in [6.45, 7) is 3.29. The summed E-state index contributed by atoms with van der Waals surface area (Å²) in [5.41, 5.74) is -1.23. The van der Waals surface area contributed by atoms with Gasteiger partial charge in [-0.25, -0.2) is 0 Å². The van der Waals surface area contributed by atoms with Gasteiger partial charge in [-0.15, -0.1) is 0 Å². The van der Waals surface area contributed by atoms with E-state index in [9.17, 15) is 22.8 Å². The van der Waals surface area contributed by atoms with Crippen LogP contribution < -0.4 is 5.32 Å². The van der Waals surface area contributed by atoms with Crippen molar-refractivity contribution in [3.8, 4) is 0 Å². The Morgan fingerprint density at radius 1 is 1.35 bits per heavy atom. The molecule has 2 heterocycles. The fraction of sp³-hybridized carbons (Fsp3) is 0.846. The second-order valence-corrected chi connectivity index (χ2v) is 6.07. The van der Waals surface area contributed by atoms with E-state index in [0.29, 0.717) is 6.42 Å². The van der Waals surface area contributed by atoms with E-state index in [1.165, 1.54) is 18.7 Å². The number of rotatable bonds is 1. The lowest BCUT2D eigenvalue weighted by Gasteiger charge is -2.39. The molecule has 0 radical (unpaired) electrons. The smallest absolute Gasteiger partial charge is 0.355 e. The van der Waals surface area contributed by atoms with Crippen molar-refractivity contribution in [3.63, 3.8) is 0 Å². The Labute approximate surface area is 115 Å². The van der Waals surface area contributed by atoms with E-state index in [1.807, 2.05) is 0 Å². The lowest BCUT2D eigenvalue weighted by molar-refractivity contribution is -0.192. The molecule has 0 unspecified atom stereocenters. The molecule has 20 heavy (non-hydrogen) atoms. The summed E-state index contributed by atoms with van der Waals surface area (Å²) < 4.78 is 39.0. The molecule has 0 aromatic rings. The molecule has 0 aromatic carbocycles. The number of carbonyl (C=O) groups excluding carboxylic acids is 2. The largest absolute Gasteiger partial charge is 0.394 e. The van der Waals surface area contributed by atoms with Crippen LogP contribution in [-0.4, -0.2) is 41.5 Å². The van der Waals surface area contributed by atoms with Crippen molar-refractivity contribution in [2.24, 2.45) is 11.8 Å². The van der Waals surface area contributed by atoms with Gasteiger partial charge in [-0.05, 0) is 26.7 Å². The minimum Gasteiger partial charge on any atom is -0.355 e. The first-order chi connectivity index (χ1) is 9.14. The molecule has 2 saturated heterocycles. The number of piperidine rings is 1. The lowest BCUT2D eigenvalue weighted by atomic mass is 9.87. The van der Waals surface area contributed by atoms with Crippen molar-refractivity contribution in [1.29, 1.82) is 0 Å². The Hall–Kier alpha value is -1.27. The zero-order valence-corrected chi connectivity index (χ0v) is 11.6. The highest BCUT2D eigenvalue weighted by Crippen LogP contribution is 2.45. The van der Waals surface area contributed by atoms with Gasteiger partial charge in [0.25, 0.3) is 0 Å². The molecule has 2 aliphatic heterocycles. The third-order valence-electron chi connectivity index (χ3n) is 4.47. The van der Waals surface area contributed by atoms with Crippen LogP contribution in [0.3, 0.4) is 0 Å². The van der Waals surface area contributed by atoms with Gasteiger partial charge in [0.1, 0.15) is 0 Å². The Kier molecular flexibility index (Phi) is 3.73. The van der Waals surface area contributed by atoms with Crippen LogP contribution in [0.1, 0.15) is 33.1 Å². The molecule has 7 heteroatoms. The highest BCUT2D eigenvalue weighted by atomic mass is 19.4. The predicted octanol–water partition coefficient (Wildman–Crippen LogP) is 1.70. The van der Waals surface area contributed by atoms with Crippen molar-refractivity contribution in [2.45, 2.75) is 44.8 Å². The molecule has 2 aliphatic rings. The van der Waals surface area contributed by atoms with Gasteiger partial charge in [-0.1, -0.05) is 0 Å². The first-order valence-electron chi connectivity index (χ1n) is 6.79. The molecule has 2 amide bonds. The number of hydrogen-bond donors (Lipinski definition) is 1. The van der Waals surface area contributed by atoms with Crippen LogP contribution in [-0.2, 0) is 9.59 Å². The van der Waals surface area contributed by atoms with Crippen LogP contribution in [0.4, 0.5) is 13.2 Å². The summed E-state index contributed by atoms with van der Waals surface area (Å²) in [7, 11) is 0. The van der Waals surface area contributed by atoms with Crippen molar-refractivity contribution < 1.29 is 22.8 Å². The zero-order chi connectivity index (χ0) is 15.1. The Balaban J connectivity index is 2.10. The third-order valence-corrected chi connectivity index (χ3v) is 4.47. The van der Waals surface area contributed by atoms with Crippen LogP contribution in [0.15, 0.2) is 0 Å². The van der Waals surface area contributed by atoms with Crippen molar-refractivity contribution in [3.05, 3.63) is 0 Å². The van der Waals surface area contributed by atoms with E-state index in [1.54, 1.807) is 0 Å². The number of alkyl halides is 3. The molecule has 0 aromatic heterocycles. The van der Waals surface area contributed by atoms with Gasteiger partial charge in [0.2, 0.25) is 11.8 Å². The van der Waals surface area contributed by atoms with Crippen LogP contribution in [0.5, 0.6) is 0 Å². The maximum Gasteiger partial charge on any atom is 0.394 e. The third kappa shape index (κ3) is 2.62. The number of nitrogens with zero attached hydrogens (tertiary/aromatic N) is 1. The van der Waals surface area contributed by atoms with E-state index < -0.39 is 23.6 Å². The number of carbonyl (C=O) groups is 2. The van der Waals surface area contributed by atoms with Crippen molar-refractivity contribution >= 4 is 11.8 Å². The van der Waals surface area contributed by atoms with Crippen LogP contribution in [0, 0.1) is 11.8 Å². The van der Waals surface area contributed by atoms with Crippen LogP contribution in [0.2, 0.25) is 0 Å². The summed E-state index contributed by atoms with van der Waals surface area (Å²) in [4.78, 5) is 24.8. The second kappa shape index (κ2) is 4.93. The van der Waals surface area contributed by atoms with E-state index >= 15 is 0 Å². The molecule has 0 spiro atoms. The molecule has 2 atom stereocenters. The van der Waals surface area contributed by atoms with E-state index in [4.69, 9.17) is 0 Å². The number of hydrogen-bond acceptors (Lipinski definition) is 2. The highest BCUT2D eigenvalue weighted by molar-refractivity contribution is 5.84. The lowest BCUT2D eigenvalue weighted by Crippen LogP contribution is -2.53. The summed E-state index contributed by atoms with van der Waals surface area (Å²) in [5, 5.41) is 2.60. The SMILES string of the molecule is CC1(C)[C@@H](C(F)(F)F)CCN1C(=O)[C@H]1CCC(=O)NC1. The van der Waals surface area contributed by atoms with Gasteiger partial charge in [-0.3, -0.25) is 9.59 Å². The summed E-state index contributed by atoms with van der Waals surface area (Å²) in [5.74, 6) is -2.28. The molecular weight excluding hydrogens is 273 g/mol. The van der Waals surface area contributed by atoms with Crippen molar-refractivity contribution in [1.82, 2.24) is 10.2 Å². The molecule has 1 N–H and O–H groups in total. The van der Waals surface area contributed by atoms with E-state index in [0.717, 1.165) is 0 Å². The Morgan fingerprint density at radius 2 is 2.00 bits per heavy atom. The molecular formula is C13H19F3N2O2. The molecule has 2 rings (SSSR count). The van der Waals surface area contributed by atoms with Gasteiger partial charge >= 0.3 is 6.18 Å². The number of nitrogens with one attached hydrogen (secondary N) is 1. The summed E-state index contributed by atoms with van der Waals surface area (Å²) in [6.07, 6.45) is -3.68. The second-order valence-electron chi connectivity index (χ2n) is 6.07. The number of halogens is 3. The summed E-state index contributed by atoms with van der Waals surface area (Å²) >= 11 is 0. The fourth-order valence-corrected chi connectivity index (χ4v) is 3.21. The average molecular weight is 292 g/mol. The molecule has 2 fully saturated rings. The quantitative estimate of drug-likeness (QED) is 0.800. The predicted molar refractivity (Wildman–Crippen MR) is 65.7 cm³/mol. The first kappa shape index (κ1) is 15.1. The maximum absolute atomic E-state index is 13.0. The molecule has 0 saturated carbocycles. The number of likely N-dealkylation sites (tertiary alicyclic amines) is 1. The maximum atomic E-state index is 13.0. The van der Waals surface area contributed by atoms with Gasteiger partial charge in [0.05, 0.1) is 11.8 Å². The van der Waals surface area contributed by atoms with E-state index in [2.05, 4.69) is 5.32 Å². The van der Waals surface area contributed by atoms with Gasteiger partial charge in [-0.2, -0.15) is 13.2 Å². The van der Waals surface area contributed by atoms with E-state index in [-0.39, 0.29) is 37.7 Å². The van der Waals surface area contributed by atoms with Crippen LogP contribution in [0.25, 0.3) is 0 Å². The Bertz CT molecular complexity index is 410. The highest BCUT2D eigenvalue weighted by Gasteiger charge is 2.56. The molecule has 0 aliphatic carbocycles.